The van der Waals surface area contributed by atoms with E-state index in [-0.39, 0.29) is 6.04 Å². The van der Waals surface area contributed by atoms with Crippen molar-refractivity contribution < 1.29 is 9.47 Å². The first-order valence-electron chi connectivity index (χ1n) is 6.56. The molecule has 106 valence electrons. The summed E-state index contributed by atoms with van der Waals surface area (Å²) in [5.74, 6) is 2.15. The van der Waals surface area contributed by atoms with Crippen LogP contribution in [0.4, 0.5) is 0 Å². The summed E-state index contributed by atoms with van der Waals surface area (Å²) >= 11 is 3.46. The molecule has 0 aliphatic carbocycles. The molecule has 1 atom stereocenters. The van der Waals surface area contributed by atoms with E-state index < -0.39 is 0 Å². The predicted octanol–water partition coefficient (Wildman–Crippen LogP) is 4.66. The lowest BCUT2D eigenvalue weighted by Crippen LogP contribution is -2.07. The Hall–Kier alpha value is -1.52. The average molecular weight is 336 g/mol. The maximum atomic E-state index is 6.00. The molecule has 0 aliphatic rings. The number of nitrogens with two attached hydrogens (primary N) is 1. The largest absolute Gasteiger partial charge is 0.490 e. The van der Waals surface area contributed by atoms with Crippen molar-refractivity contribution in [2.24, 2.45) is 5.73 Å². The molecular weight excluding hydrogens is 318 g/mol. The van der Waals surface area contributed by atoms with Crippen LogP contribution in [0.1, 0.15) is 25.5 Å². The van der Waals surface area contributed by atoms with Gasteiger partial charge in [0.2, 0.25) is 0 Å². The van der Waals surface area contributed by atoms with Crippen LogP contribution in [0.15, 0.2) is 46.9 Å². The number of rotatable bonds is 5. The quantitative estimate of drug-likeness (QED) is 0.864. The number of ether oxygens (including phenoxy) is 2. The van der Waals surface area contributed by atoms with E-state index in [0.717, 1.165) is 21.5 Å². The Morgan fingerprint density at radius 1 is 1.10 bits per heavy atom. The molecule has 4 heteroatoms. The molecule has 0 bridgehead atoms. The van der Waals surface area contributed by atoms with Crippen molar-refractivity contribution in [2.45, 2.75) is 19.9 Å². The molecule has 2 N–H and O–H groups in total. The van der Waals surface area contributed by atoms with Crippen LogP contribution in [0.5, 0.6) is 17.2 Å². The highest BCUT2D eigenvalue weighted by atomic mass is 79.9. The zero-order chi connectivity index (χ0) is 14.5. The second kappa shape index (κ2) is 6.77. The number of hydrogen-bond acceptors (Lipinski definition) is 3. The van der Waals surface area contributed by atoms with E-state index >= 15 is 0 Å². The van der Waals surface area contributed by atoms with E-state index in [9.17, 15) is 0 Å². The lowest BCUT2D eigenvalue weighted by Gasteiger charge is -2.16. The summed E-state index contributed by atoms with van der Waals surface area (Å²) in [6, 6.07) is 13.4. The summed E-state index contributed by atoms with van der Waals surface area (Å²) in [6.07, 6.45) is 0. The third-order valence-corrected chi connectivity index (χ3v) is 3.33. The Balaban J connectivity index is 2.37. The molecule has 2 rings (SSSR count). The number of benzene rings is 2. The van der Waals surface area contributed by atoms with Crippen molar-refractivity contribution in [3.05, 3.63) is 52.5 Å². The van der Waals surface area contributed by atoms with Gasteiger partial charge in [0.15, 0.2) is 11.5 Å². The first-order valence-corrected chi connectivity index (χ1v) is 7.35. The van der Waals surface area contributed by atoms with Gasteiger partial charge in [-0.1, -0.05) is 34.1 Å². The van der Waals surface area contributed by atoms with Gasteiger partial charge >= 0.3 is 0 Å². The predicted molar refractivity (Wildman–Crippen MR) is 84.4 cm³/mol. The lowest BCUT2D eigenvalue weighted by molar-refractivity contribution is 0.320. The van der Waals surface area contributed by atoms with Gasteiger partial charge in [-0.3, -0.25) is 0 Å². The number of para-hydroxylation sites is 2. The SMILES string of the molecule is CCOc1ccccc1Oc1cc(Br)ccc1C(C)N. The van der Waals surface area contributed by atoms with Crippen LogP contribution < -0.4 is 15.2 Å². The summed E-state index contributed by atoms with van der Waals surface area (Å²) in [5.41, 5.74) is 6.95. The smallest absolute Gasteiger partial charge is 0.169 e. The summed E-state index contributed by atoms with van der Waals surface area (Å²) in [6.45, 7) is 4.48. The molecule has 0 amide bonds. The van der Waals surface area contributed by atoms with Gasteiger partial charge in [0.05, 0.1) is 6.61 Å². The molecule has 0 fully saturated rings. The van der Waals surface area contributed by atoms with Crippen molar-refractivity contribution in [3.63, 3.8) is 0 Å². The van der Waals surface area contributed by atoms with Crippen molar-refractivity contribution in [1.29, 1.82) is 0 Å². The summed E-state index contributed by atoms with van der Waals surface area (Å²) < 4.78 is 12.5. The molecule has 3 nitrogen and oxygen atoms in total. The van der Waals surface area contributed by atoms with Crippen molar-refractivity contribution in [1.82, 2.24) is 0 Å². The van der Waals surface area contributed by atoms with Gasteiger partial charge in [-0.25, -0.2) is 0 Å². The van der Waals surface area contributed by atoms with E-state index in [4.69, 9.17) is 15.2 Å². The number of halogens is 1. The van der Waals surface area contributed by atoms with Crippen LogP contribution in [-0.2, 0) is 0 Å². The Labute approximate surface area is 127 Å². The minimum Gasteiger partial charge on any atom is -0.490 e. The molecular formula is C16H18BrNO2. The molecule has 1 unspecified atom stereocenters. The fourth-order valence-corrected chi connectivity index (χ4v) is 2.24. The lowest BCUT2D eigenvalue weighted by atomic mass is 10.1. The molecule has 0 saturated heterocycles. The van der Waals surface area contributed by atoms with Crippen LogP contribution in [-0.4, -0.2) is 6.61 Å². The third kappa shape index (κ3) is 3.52. The standard InChI is InChI=1S/C16H18BrNO2/c1-3-19-14-6-4-5-7-15(14)20-16-10-12(17)8-9-13(16)11(2)18/h4-11H,3,18H2,1-2H3. The van der Waals surface area contributed by atoms with Crippen LogP contribution in [0.25, 0.3) is 0 Å². The zero-order valence-corrected chi connectivity index (χ0v) is 13.2. The van der Waals surface area contributed by atoms with Crippen LogP contribution in [0, 0.1) is 0 Å². The Kier molecular flexibility index (Phi) is 5.04. The summed E-state index contributed by atoms with van der Waals surface area (Å²) in [5, 5.41) is 0. The zero-order valence-electron chi connectivity index (χ0n) is 11.6. The van der Waals surface area contributed by atoms with Crippen LogP contribution >= 0.6 is 15.9 Å². The number of hydrogen-bond donors (Lipinski definition) is 1. The third-order valence-electron chi connectivity index (χ3n) is 2.84. The summed E-state index contributed by atoms with van der Waals surface area (Å²) in [7, 11) is 0. The fraction of sp³-hybridized carbons (Fsp3) is 0.250. The normalized spacial score (nSPS) is 12.0. The molecule has 0 radical (unpaired) electrons. The monoisotopic (exact) mass is 335 g/mol. The molecule has 2 aromatic carbocycles. The molecule has 0 aromatic heterocycles. The molecule has 2 aromatic rings. The maximum absolute atomic E-state index is 6.00. The van der Waals surface area contributed by atoms with Crippen LogP contribution in [0.3, 0.4) is 0 Å². The highest BCUT2D eigenvalue weighted by Gasteiger charge is 2.12. The first kappa shape index (κ1) is 14.9. The molecule has 0 saturated carbocycles. The fourth-order valence-electron chi connectivity index (χ4n) is 1.90. The first-order chi connectivity index (χ1) is 9.61. The van der Waals surface area contributed by atoms with E-state index in [0.29, 0.717) is 12.4 Å². The van der Waals surface area contributed by atoms with Gasteiger partial charge in [-0.15, -0.1) is 0 Å². The minimum absolute atomic E-state index is 0.0997. The molecule has 20 heavy (non-hydrogen) atoms. The van der Waals surface area contributed by atoms with Gasteiger partial charge in [0.25, 0.3) is 0 Å². The van der Waals surface area contributed by atoms with E-state index in [1.54, 1.807) is 0 Å². The van der Waals surface area contributed by atoms with Gasteiger partial charge in [0.1, 0.15) is 5.75 Å². The van der Waals surface area contributed by atoms with Crippen molar-refractivity contribution in [2.75, 3.05) is 6.61 Å². The van der Waals surface area contributed by atoms with Crippen LogP contribution in [0.2, 0.25) is 0 Å². The highest BCUT2D eigenvalue weighted by Crippen LogP contribution is 2.35. The topological polar surface area (TPSA) is 44.5 Å². The highest BCUT2D eigenvalue weighted by molar-refractivity contribution is 9.10. The second-order valence-electron chi connectivity index (χ2n) is 4.45. The van der Waals surface area contributed by atoms with Gasteiger partial charge in [-0.2, -0.15) is 0 Å². The van der Waals surface area contributed by atoms with Gasteiger partial charge in [-0.05, 0) is 38.1 Å². The molecule has 0 heterocycles. The summed E-state index contributed by atoms with van der Waals surface area (Å²) in [4.78, 5) is 0. The van der Waals surface area contributed by atoms with Gasteiger partial charge < -0.3 is 15.2 Å². The molecule has 0 aliphatic heterocycles. The van der Waals surface area contributed by atoms with E-state index in [1.807, 2.05) is 56.3 Å². The van der Waals surface area contributed by atoms with E-state index in [2.05, 4.69) is 15.9 Å². The van der Waals surface area contributed by atoms with Crippen molar-refractivity contribution >= 4 is 15.9 Å². The minimum atomic E-state index is -0.0997. The second-order valence-corrected chi connectivity index (χ2v) is 5.37. The average Bonchev–Trinajstić information content (AvgIpc) is 2.41. The van der Waals surface area contributed by atoms with Crippen molar-refractivity contribution in [3.8, 4) is 17.2 Å². The Bertz CT molecular complexity index is 584. The molecule has 0 spiro atoms. The Morgan fingerprint density at radius 2 is 1.80 bits per heavy atom. The van der Waals surface area contributed by atoms with E-state index in [1.165, 1.54) is 0 Å². The maximum Gasteiger partial charge on any atom is 0.169 e. The Morgan fingerprint density at radius 3 is 2.45 bits per heavy atom. The van der Waals surface area contributed by atoms with Gasteiger partial charge in [0, 0.05) is 16.1 Å².